The number of rotatable bonds is 3. The second-order valence-corrected chi connectivity index (χ2v) is 7.70. The zero-order valence-corrected chi connectivity index (χ0v) is 12.8. The van der Waals surface area contributed by atoms with E-state index in [1.165, 1.54) is 43.8 Å². The van der Waals surface area contributed by atoms with Gasteiger partial charge in [-0.2, -0.15) is 0 Å². The van der Waals surface area contributed by atoms with Crippen LogP contribution >= 0.6 is 34.5 Å². The summed E-state index contributed by atoms with van der Waals surface area (Å²) >= 11 is 13.7. The summed E-state index contributed by atoms with van der Waals surface area (Å²) in [6.07, 6.45) is 2.67. The fraction of sp³-hybridized carbons (Fsp3) is 0.692. The summed E-state index contributed by atoms with van der Waals surface area (Å²) < 4.78 is 1.60. The van der Waals surface area contributed by atoms with E-state index in [0.717, 1.165) is 20.2 Å². The van der Waals surface area contributed by atoms with Crippen LogP contribution in [-0.4, -0.2) is 30.6 Å². The van der Waals surface area contributed by atoms with Crippen LogP contribution in [0.4, 0.5) is 0 Å². The van der Waals surface area contributed by atoms with Gasteiger partial charge in [-0.1, -0.05) is 23.2 Å². The number of piperidine rings is 3. The van der Waals surface area contributed by atoms with E-state index in [1.807, 2.05) is 6.07 Å². The molecule has 0 radical (unpaired) electrons. The van der Waals surface area contributed by atoms with Crippen LogP contribution in [0, 0.1) is 5.92 Å². The van der Waals surface area contributed by atoms with Gasteiger partial charge in [-0.3, -0.25) is 0 Å². The average Bonchev–Trinajstić information content (AvgIpc) is 2.70. The second-order valence-electron chi connectivity index (χ2n) is 5.41. The predicted octanol–water partition coefficient (Wildman–Crippen LogP) is 3.80. The van der Waals surface area contributed by atoms with Gasteiger partial charge >= 0.3 is 0 Å². The number of fused-ring (bicyclic) bond motifs is 3. The van der Waals surface area contributed by atoms with E-state index in [-0.39, 0.29) is 6.04 Å². The molecule has 100 valence electrons. The van der Waals surface area contributed by atoms with Crippen molar-refractivity contribution in [2.24, 2.45) is 5.92 Å². The van der Waals surface area contributed by atoms with Crippen molar-refractivity contribution in [2.45, 2.75) is 31.8 Å². The lowest BCUT2D eigenvalue weighted by atomic mass is 9.83. The number of thiophene rings is 1. The highest BCUT2D eigenvalue weighted by Crippen LogP contribution is 2.36. The second kappa shape index (κ2) is 5.29. The van der Waals surface area contributed by atoms with Gasteiger partial charge in [-0.25, -0.2) is 0 Å². The molecule has 0 saturated carbocycles. The third-order valence-corrected chi connectivity index (χ3v) is 5.79. The van der Waals surface area contributed by atoms with Gasteiger partial charge in [0.25, 0.3) is 0 Å². The fourth-order valence-electron chi connectivity index (χ4n) is 3.21. The van der Waals surface area contributed by atoms with Crippen molar-refractivity contribution in [1.29, 1.82) is 0 Å². The molecule has 4 heterocycles. The molecule has 4 rings (SSSR count). The van der Waals surface area contributed by atoms with Gasteiger partial charge < -0.3 is 10.2 Å². The average molecular weight is 305 g/mol. The number of hydrogen-bond acceptors (Lipinski definition) is 3. The highest BCUT2D eigenvalue weighted by atomic mass is 35.5. The van der Waals surface area contributed by atoms with Gasteiger partial charge in [0.1, 0.15) is 0 Å². The van der Waals surface area contributed by atoms with Crippen molar-refractivity contribution in [3.63, 3.8) is 0 Å². The Morgan fingerprint density at radius 2 is 2.11 bits per heavy atom. The molecule has 0 spiro atoms. The topological polar surface area (TPSA) is 15.3 Å². The molecule has 5 heteroatoms. The third kappa shape index (κ3) is 2.56. The van der Waals surface area contributed by atoms with Crippen molar-refractivity contribution < 1.29 is 0 Å². The van der Waals surface area contributed by atoms with E-state index in [4.69, 9.17) is 23.2 Å². The lowest BCUT2D eigenvalue weighted by Gasteiger charge is -2.46. The first-order valence-corrected chi connectivity index (χ1v) is 8.14. The summed E-state index contributed by atoms with van der Waals surface area (Å²) in [7, 11) is 0. The highest BCUT2D eigenvalue weighted by molar-refractivity contribution is 7.20. The van der Waals surface area contributed by atoms with Crippen LogP contribution in [0.2, 0.25) is 8.67 Å². The minimum atomic E-state index is 0.284. The summed E-state index contributed by atoms with van der Waals surface area (Å²) in [5.41, 5.74) is 1.14. The Kier molecular flexibility index (Phi) is 3.88. The van der Waals surface area contributed by atoms with Crippen LogP contribution in [0.3, 0.4) is 0 Å². The summed E-state index contributed by atoms with van der Waals surface area (Å²) in [5, 5.41) is 3.74. The van der Waals surface area contributed by atoms with Crippen LogP contribution in [0.25, 0.3) is 0 Å². The summed E-state index contributed by atoms with van der Waals surface area (Å²) in [5.74, 6) is 0.838. The molecule has 2 bridgehead atoms. The largest absolute Gasteiger partial charge is 0.306 e. The van der Waals surface area contributed by atoms with Gasteiger partial charge in [-0.05, 0) is 50.4 Å². The van der Waals surface area contributed by atoms with Crippen LogP contribution in [0.15, 0.2) is 6.07 Å². The predicted molar refractivity (Wildman–Crippen MR) is 78.8 cm³/mol. The first kappa shape index (κ1) is 13.2. The molecule has 2 nitrogen and oxygen atoms in total. The number of nitrogens with one attached hydrogen (secondary N) is 1. The molecular weight excluding hydrogens is 287 g/mol. The van der Waals surface area contributed by atoms with Gasteiger partial charge in [0.2, 0.25) is 0 Å². The SMILES string of the molecule is CC(NC1CN2CCC1CC2)c1cc(Cl)sc1Cl. The molecule has 1 N–H and O–H groups in total. The van der Waals surface area contributed by atoms with E-state index < -0.39 is 0 Å². The molecule has 3 saturated heterocycles. The Morgan fingerprint density at radius 1 is 1.39 bits per heavy atom. The van der Waals surface area contributed by atoms with Crippen molar-refractivity contribution in [3.8, 4) is 0 Å². The van der Waals surface area contributed by atoms with E-state index in [2.05, 4.69) is 17.1 Å². The first-order valence-electron chi connectivity index (χ1n) is 6.56. The molecule has 0 aromatic carbocycles. The van der Waals surface area contributed by atoms with Crippen LogP contribution in [0.5, 0.6) is 0 Å². The Balaban J connectivity index is 1.67. The third-order valence-electron chi connectivity index (χ3n) is 4.27. The molecule has 2 atom stereocenters. The Labute approximate surface area is 122 Å². The van der Waals surface area contributed by atoms with Crippen LogP contribution < -0.4 is 5.32 Å². The molecule has 0 aliphatic carbocycles. The molecule has 3 aliphatic heterocycles. The monoisotopic (exact) mass is 304 g/mol. The van der Waals surface area contributed by atoms with Gasteiger partial charge in [0.15, 0.2) is 0 Å². The molecule has 3 fully saturated rings. The molecular formula is C13H18Cl2N2S. The first-order chi connectivity index (χ1) is 8.63. The summed E-state index contributed by atoms with van der Waals surface area (Å²) in [4.78, 5) is 2.56. The van der Waals surface area contributed by atoms with E-state index in [0.29, 0.717) is 6.04 Å². The maximum atomic E-state index is 6.22. The Morgan fingerprint density at radius 3 is 2.61 bits per heavy atom. The van der Waals surface area contributed by atoms with Gasteiger partial charge in [0.05, 0.1) is 8.67 Å². The molecule has 18 heavy (non-hydrogen) atoms. The molecule has 0 amide bonds. The van der Waals surface area contributed by atoms with Crippen LogP contribution in [-0.2, 0) is 0 Å². The van der Waals surface area contributed by atoms with Crippen molar-refractivity contribution >= 4 is 34.5 Å². The standard InChI is InChI=1S/C13H18Cl2N2S/c1-8(10-6-12(14)18-13(10)15)16-11-7-17-4-2-9(11)3-5-17/h6,8-9,11,16H,2-5,7H2,1H3. The highest BCUT2D eigenvalue weighted by Gasteiger charge is 2.34. The zero-order chi connectivity index (χ0) is 12.7. The number of hydrogen-bond donors (Lipinski definition) is 1. The lowest BCUT2D eigenvalue weighted by molar-refractivity contribution is 0.0680. The fourth-order valence-corrected chi connectivity index (χ4v) is 4.86. The van der Waals surface area contributed by atoms with E-state index >= 15 is 0 Å². The van der Waals surface area contributed by atoms with Crippen molar-refractivity contribution in [3.05, 3.63) is 20.3 Å². The van der Waals surface area contributed by atoms with E-state index in [1.54, 1.807) is 0 Å². The summed E-state index contributed by atoms with van der Waals surface area (Å²) in [6.45, 7) is 5.93. The van der Waals surface area contributed by atoms with Gasteiger partial charge in [0, 0.05) is 18.6 Å². The normalized spacial score (nSPS) is 32.7. The molecule has 2 unspecified atom stereocenters. The molecule has 3 aliphatic rings. The number of nitrogens with zero attached hydrogens (tertiary/aromatic N) is 1. The minimum Gasteiger partial charge on any atom is -0.306 e. The minimum absolute atomic E-state index is 0.284. The van der Waals surface area contributed by atoms with E-state index in [9.17, 15) is 0 Å². The van der Waals surface area contributed by atoms with Crippen molar-refractivity contribution in [1.82, 2.24) is 10.2 Å². The maximum absolute atomic E-state index is 6.22. The zero-order valence-electron chi connectivity index (χ0n) is 10.5. The lowest BCUT2D eigenvalue weighted by Crippen LogP contribution is -2.56. The van der Waals surface area contributed by atoms with Gasteiger partial charge in [-0.15, -0.1) is 11.3 Å². The molecule has 1 aromatic heterocycles. The van der Waals surface area contributed by atoms with Crippen LogP contribution in [0.1, 0.15) is 31.4 Å². The Hall–Kier alpha value is 0.200. The maximum Gasteiger partial charge on any atom is 0.0991 e. The summed E-state index contributed by atoms with van der Waals surface area (Å²) in [6, 6.07) is 2.89. The Bertz CT molecular complexity index is 427. The molecule has 1 aromatic rings. The van der Waals surface area contributed by atoms with Crippen molar-refractivity contribution in [2.75, 3.05) is 19.6 Å². The smallest absolute Gasteiger partial charge is 0.0991 e. The number of halogens is 2. The quantitative estimate of drug-likeness (QED) is 0.914.